The molecule has 43 heavy (non-hydrogen) atoms. The van der Waals surface area contributed by atoms with Crippen molar-refractivity contribution in [1.29, 1.82) is 0 Å². The number of likely N-dealkylation sites (tertiary alicyclic amines) is 1. The number of aliphatic imine (C=N–C) groups is 2. The fraction of sp³-hybridized carbons (Fsp3) is 0.438. The highest BCUT2D eigenvalue weighted by molar-refractivity contribution is 6.45. The predicted molar refractivity (Wildman–Crippen MR) is 164 cm³/mol. The zero-order valence-corrected chi connectivity index (χ0v) is 24.6. The summed E-state index contributed by atoms with van der Waals surface area (Å²) >= 11 is 0. The van der Waals surface area contributed by atoms with Gasteiger partial charge in [-0.2, -0.15) is 0 Å². The number of ether oxygens (including phenoxy) is 1. The Hall–Kier alpha value is -4.25. The number of alkyl halides is 1. The van der Waals surface area contributed by atoms with Gasteiger partial charge in [0.1, 0.15) is 5.75 Å². The number of carbonyl (C=O) groups excluding carboxylic acids is 2. The van der Waals surface area contributed by atoms with E-state index in [-0.39, 0.29) is 23.8 Å². The molecule has 11 heteroatoms. The molecule has 2 atom stereocenters. The summed E-state index contributed by atoms with van der Waals surface area (Å²) in [6.45, 7) is 7.66. The summed E-state index contributed by atoms with van der Waals surface area (Å²) in [5.41, 5.74) is 3.38. The van der Waals surface area contributed by atoms with Crippen molar-refractivity contribution in [3.63, 3.8) is 0 Å². The Morgan fingerprint density at radius 1 is 1.14 bits per heavy atom. The molecular formula is C32H38FN7O3. The monoisotopic (exact) mass is 587 g/mol. The maximum Gasteiger partial charge on any atom is 0.254 e. The molecule has 4 aliphatic rings. The van der Waals surface area contributed by atoms with Crippen LogP contribution in [0.1, 0.15) is 47.3 Å². The molecule has 0 spiro atoms. The van der Waals surface area contributed by atoms with Gasteiger partial charge in [0, 0.05) is 75.1 Å². The molecule has 0 saturated carbocycles. The molecule has 2 amide bonds. The molecule has 6 rings (SSSR count). The van der Waals surface area contributed by atoms with E-state index in [4.69, 9.17) is 9.73 Å². The molecule has 226 valence electrons. The largest absolute Gasteiger partial charge is 0.461 e. The van der Waals surface area contributed by atoms with Crippen molar-refractivity contribution in [2.75, 3.05) is 44.6 Å². The molecule has 2 aromatic rings. The smallest absolute Gasteiger partial charge is 0.254 e. The zero-order chi connectivity index (χ0) is 29.9. The van der Waals surface area contributed by atoms with Gasteiger partial charge in [-0.15, -0.1) is 0 Å². The number of hydrogen-bond donors (Lipinski definition) is 3. The maximum atomic E-state index is 13.4. The molecule has 2 unspecified atom stereocenters. The number of hydrogen-bond acceptors (Lipinski definition) is 8. The number of benzene rings is 2. The van der Waals surface area contributed by atoms with Crippen LogP contribution in [0.5, 0.6) is 5.75 Å². The molecule has 2 aromatic carbocycles. The lowest BCUT2D eigenvalue weighted by Gasteiger charge is -2.33. The van der Waals surface area contributed by atoms with E-state index in [9.17, 15) is 14.0 Å². The average molecular weight is 588 g/mol. The van der Waals surface area contributed by atoms with Crippen molar-refractivity contribution in [2.24, 2.45) is 21.8 Å². The Balaban J connectivity index is 1.04. The molecule has 2 fully saturated rings. The van der Waals surface area contributed by atoms with E-state index in [0.717, 1.165) is 42.3 Å². The Bertz CT molecular complexity index is 1440. The minimum Gasteiger partial charge on any atom is -0.461 e. The van der Waals surface area contributed by atoms with Crippen LogP contribution in [0.15, 0.2) is 64.8 Å². The number of amides is 2. The van der Waals surface area contributed by atoms with E-state index in [2.05, 4.69) is 25.8 Å². The number of amidine groups is 2. The van der Waals surface area contributed by atoms with Crippen molar-refractivity contribution in [3.8, 4) is 5.75 Å². The summed E-state index contributed by atoms with van der Waals surface area (Å²) in [4.78, 5) is 39.1. The lowest BCUT2D eigenvalue weighted by atomic mass is 9.94. The summed E-state index contributed by atoms with van der Waals surface area (Å²) < 4.78 is 18.3. The summed E-state index contributed by atoms with van der Waals surface area (Å²) in [6, 6.07) is 13.1. The van der Waals surface area contributed by atoms with Crippen molar-refractivity contribution in [3.05, 3.63) is 71.6 Å². The van der Waals surface area contributed by atoms with E-state index in [1.54, 1.807) is 18.3 Å². The van der Waals surface area contributed by atoms with Crippen molar-refractivity contribution >= 4 is 29.2 Å². The third-order valence-corrected chi connectivity index (χ3v) is 8.50. The number of halogens is 1. The van der Waals surface area contributed by atoms with Gasteiger partial charge in [-0.3, -0.25) is 14.6 Å². The van der Waals surface area contributed by atoms with Gasteiger partial charge < -0.3 is 30.5 Å². The van der Waals surface area contributed by atoms with E-state index < -0.39 is 6.36 Å². The van der Waals surface area contributed by atoms with Gasteiger partial charge in [0.25, 0.3) is 5.91 Å². The zero-order valence-electron chi connectivity index (χ0n) is 24.6. The summed E-state index contributed by atoms with van der Waals surface area (Å²) in [7, 11) is 0. The molecule has 10 nitrogen and oxygen atoms in total. The minimum absolute atomic E-state index is 0.00651. The van der Waals surface area contributed by atoms with E-state index in [1.807, 2.05) is 48.4 Å². The van der Waals surface area contributed by atoms with E-state index in [1.165, 1.54) is 6.92 Å². The number of nitrogens with zero attached hydrogens (tertiary/aromatic N) is 4. The van der Waals surface area contributed by atoms with Crippen LogP contribution in [0.25, 0.3) is 0 Å². The number of piperidine rings is 1. The number of carbonyl (C=O) groups is 2. The molecule has 0 radical (unpaired) electrons. The second-order valence-electron chi connectivity index (χ2n) is 11.6. The highest BCUT2D eigenvalue weighted by Gasteiger charge is 2.33. The lowest BCUT2D eigenvalue weighted by molar-refractivity contribution is -0.126. The number of fused-ring (bicyclic) bond motifs is 1. The molecular weight excluding hydrogens is 549 g/mol. The Morgan fingerprint density at radius 3 is 2.58 bits per heavy atom. The lowest BCUT2D eigenvalue weighted by Crippen LogP contribution is -2.50. The van der Waals surface area contributed by atoms with Crippen LogP contribution in [0.3, 0.4) is 0 Å². The SMILES string of the molecule is Cc1cc(NC2=NC=CN3C2=NCC3c2ccc(OC(C)F)cc2)ccc1C(=O)N1CCC(C(=O)NCC2CNC2)CC1. The second kappa shape index (κ2) is 12.5. The van der Waals surface area contributed by atoms with Crippen LogP contribution in [0, 0.1) is 18.8 Å². The fourth-order valence-electron chi connectivity index (χ4n) is 5.92. The molecule has 4 aliphatic heterocycles. The number of nitrogens with one attached hydrogen (secondary N) is 3. The van der Waals surface area contributed by atoms with Crippen molar-refractivity contribution in [1.82, 2.24) is 20.4 Å². The first kappa shape index (κ1) is 28.9. The summed E-state index contributed by atoms with van der Waals surface area (Å²) in [6.07, 6.45) is 3.64. The average Bonchev–Trinajstić information content (AvgIpc) is 3.41. The van der Waals surface area contributed by atoms with Gasteiger partial charge in [-0.25, -0.2) is 9.38 Å². The topological polar surface area (TPSA) is 111 Å². The molecule has 0 aliphatic carbocycles. The Labute approximate surface area is 251 Å². The molecule has 4 heterocycles. The normalized spacial score (nSPS) is 21.0. The van der Waals surface area contributed by atoms with Gasteiger partial charge in [-0.1, -0.05) is 12.1 Å². The number of aryl methyl sites for hydroxylation is 1. The molecule has 3 N–H and O–H groups in total. The first-order valence-corrected chi connectivity index (χ1v) is 15.0. The Morgan fingerprint density at radius 2 is 1.91 bits per heavy atom. The maximum absolute atomic E-state index is 13.4. The third kappa shape index (κ3) is 6.41. The van der Waals surface area contributed by atoms with Crippen LogP contribution in [-0.2, 0) is 4.79 Å². The summed E-state index contributed by atoms with van der Waals surface area (Å²) in [5, 5.41) is 9.68. The first-order valence-electron chi connectivity index (χ1n) is 15.0. The molecule has 0 bridgehead atoms. The van der Waals surface area contributed by atoms with Crippen molar-refractivity contribution < 1.29 is 18.7 Å². The van der Waals surface area contributed by atoms with Gasteiger partial charge in [0.15, 0.2) is 11.7 Å². The standard InChI is InChI=1S/C32H38FN7O3/c1-20-15-25(5-8-27(20)32(42)39-12-9-24(10-13-39)31(41)37-18-22-16-34-17-22)38-29-30-36-19-28(40(30)14-11-35-29)23-3-6-26(7-4-23)43-21(2)33/h3-8,11,14-15,21-22,24,28,34H,9-10,12-13,16-19H2,1-2H3,(H,35,38)(H,37,41). The Kier molecular flexibility index (Phi) is 8.42. The third-order valence-electron chi connectivity index (χ3n) is 8.50. The van der Waals surface area contributed by atoms with Crippen LogP contribution in [0.2, 0.25) is 0 Å². The van der Waals surface area contributed by atoms with E-state index >= 15 is 0 Å². The van der Waals surface area contributed by atoms with Crippen LogP contribution >= 0.6 is 0 Å². The minimum atomic E-state index is -1.37. The van der Waals surface area contributed by atoms with Crippen LogP contribution in [0.4, 0.5) is 10.1 Å². The van der Waals surface area contributed by atoms with Gasteiger partial charge in [-0.05, 0) is 61.2 Å². The highest BCUT2D eigenvalue weighted by atomic mass is 19.1. The van der Waals surface area contributed by atoms with Gasteiger partial charge in [0.05, 0.1) is 12.6 Å². The van der Waals surface area contributed by atoms with Crippen molar-refractivity contribution in [2.45, 2.75) is 39.1 Å². The van der Waals surface area contributed by atoms with E-state index in [0.29, 0.717) is 55.5 Å². The van der Waals surface area contributed by atoms with Crippen LogP contribution < -0.4 is 20.7 Å². The predicted octanol–water partition coefficient (Wildman–Crippen LogP) is 3.63. The summed E-state index contributed by atoms with van der Waals surface area (Å²) in [5.74, 6) is 2.45. The number of rotatable bonds is 8. The second-order valence-corrected chi connectivity index (χ2v) is 11.6. The quantitative estimate of drug-likeness (QED) is 0.435. The first-order chi connectivity index (χ1) is 20.9. The van der Waals surface area contributed by atoms with Crippen LogP contribution in [-0.4, -0.2) is 78.9 Å². The molecule has 0 aromatic heterocycles. The van der Waals surface area contributed by atoms with Gasteiger partial charge in [0.2, 0.25) is 12.3 Å². The van der Waals surface area contributed by atoms with Gasteiger partial charge >= 0.3 is 0 Å². The fourth-order valence-corrected chi connectivity index (χ4v) is 5.92. The highest BCUT2D eigenvalue weighted by Crippen LogP contribution is 2.31. The molecule has 2 saturated heterocycles. The number of anilines is 1.